The molecule has 0 spiro atoms. The molecule has 5 heteroatoms. The van der Waals surface area contributed by atoms with Crippen molar-refractivity contribution in [1.82, 2.24) is 0 Å². The van der Waals surface area contributed by atoms with Crippen molar-refractivity contribution in [2.24, 2.45) is 0 Å². The minimum atomic E-state index is -0.314. The van der Waals surface area contributed by atoms with Crippen molar-refractivity contribution in [3.63, 3.8) is 0 Å². The molecule has 2 aromatic carbocycles. The first kappa shape index (κ1) is 20.5. The van der Waals surface area contributed by atoms with Crippen molar-refractivity contribution in [3.05, 3.63) is 65.2 Å². The Morgan fingerprint density at radius 3 is 2.22 bits per heavy atom. The maximum atomic E-state index is 12.1. The molecule has 0 heterocycles. The number of ether oxygens (including phenoxy) is 2. The molecule has 2 aromatic rings. The molecule has 0 aliphatic rings. The van der Waals surface area contributed by atoms with Crippen LogP contribution in [-0.2, 0) is 20.8 Å². The van der Waals surface area contributed by atoms with Gasteiger partial charge in [0.1, 0.15) is 0 Å². The van der Waals surface area contributed by atoms with Crippen LogP contribution in [0.3, 0.4) is 0 Å². The van der Waals surface area contributed by atoms with E-state index in [9.17, 15) is 9.59 Å². The molecular weight excluding hydrogens is 342 g/mol. The smallest absolute Gasteiger partial charge is 0.338 e. The first-order chi connectivity index (χ1) is 13.1. The zero-order chi connectivity index (χ0) is 19.6. The van der Waals surface area contributed by atoms with Gasteiger partial charge in [-0.1, -0.05) is 37.3 Å². The molecule has 0 radical (unpaired) electrons. The van der Waals surface area contributed by atoms with E-state index in [1.165, 1.54) is 0 Å². The van der Waals surface area contributed by atoms with Crippen LogP contribution in [0.25, 0.3) is 0 Å². The van der Waals surface area contributed by atoms with Crippen molar-refractivity contribution >= 4 is 17.6 Å². The second-order valence-corrected chi connectivity index (χ2v) is 6.07. The summed E-state index contributed by atoms with van der Waals surface area (Å²) in [7, 11) is 0. The second kappa shape index (κ2) is 10.4. The summed E-state index contributed by atoms with van der Waals surface area (Å²) in [5, 5.41) is 3.31. The molecule has 2 rings (SSSR count). The fourth-order valence-corrected chi connectivity index (χ4v) is 2.89. The van der Waals surface area contributed by atoms with Crippen molar-refractivity contribution in [3.8, 4) is 0 Å². The van der Waals surface area contributed by atoms with Gasteiger partial charge in [0.25, 0.3) is 0 Å². The molecule has 0 aliphatic carbocycles. The number of anilines is 1. The van der Waals surface area contributed by atoms with Gasteiger partial charge < -0.3 is 14.8 Å². The molecule has 0 aliphatic heterocycles. The Morgan fingerprint density at radius 1 is 0.926 bits per heavy atom. The van der Waals surface area contributed by atoms with E-state index in [-0.39, 0.29) is 17.9 Å². The van der Waals surface area contributed by atoms with Crippen LogP contribution in [0.2, 0.25) is 0 Å². The summed E-state index contributed by atoms with van der Waals surface area (Å²) in [6.45, 7) is 6.81. The van der Waals surface area contributed by atoms with Gasteiger partial charge in [0, 0.05) is 12.2 Å². The summed E-state index contributed by atoms with van der Waals surface area (Å²) < 4.78 is 10.2. The molecule has 0 fully saturated rings. The molecule has 27 heavy (non-hydrogen) atoms. The third-order valence-corrected chi connectivity index (χ3v) is 4.29. The summed E-state index contributed by atoms with van der Waals surface area (Å²) in [6.07, 6.45) is 0.693. The summed E-state index contributed by atoms with van der Waals surface area (Å²) in [5.41, 5.74) is 3.29. The fourth-order valence-electron chi connectivity index (χ4n) is 2.89. The average Bonchev–Trinajstić information content (AvgIpc) is 2.68. The SMILES string of the molecule is CCOC(=O)c1ccccc1CNc1ccc(C(CC)C(=O)OCC)cc1. The summed E-state index contributed by atoms with van der Waals surface area (Å²) in [6, 6.07) is 15.1. The maximum Gasteiger partial charge on any atom is 0.338 e. The highest BCUT2D eigenvalue weighted by Gasteiger charge is 2.19. The summed E-state index contributed by atoms with van der Waals surface area (Å²) in [5.74, 6) is -0.752. The van der Waals surface area contributed by atoms with Gasteiger partial charge in [-0.3, -0.25) is 4.79 Å². The summed E-state index contributed by atoms with van der Waals surface area (Å²) >= 11 is 0. The third kappa shape index (κ3) is 5.58. The number of carbonyl (C=O) groups excluding carboxylic acids is 2. The average molecular weight is 369 g/mol. The molecule has 0 amide bonds. The molecule has 5 nitrogen and oxygen atoms in total. The second-order valence-electron chi connectivity index (χ2n) is 6.07. The van der Waals surface area contributed by atoms with Crippen molar-refractivity contribution < 1.29 is 19.1 Å². The van der Waals surface area contributed by atoms with E-state index in [0.717, 1.165) is 16.8 Å². The minimum absolute atomic E-state index is 0.191. The zero-order valence-corrected chi connectivity index (χ0v) is 16.2. The Morgan fingerprint density at radius 2 is 1.59 bits per heavy atom. The Hall–Kier alpha value is -2.82. The van der Waals surface area contributed by atoms with Gasteiger partial charge in [0.05, 0.1) is 24.7 Å². The molecule has 0 bridgehead atoms. The lowest BCUT2D eigenvalue weighted by atomic mass is 9.96. The van der Waals surface area contributed by atoms with Gasteiger partial charge in [-0.05, 0) is 49.6 Å². The lowest BCUT2D eigenvalue weighted by molar-refractivity contribution is -0.145. The van der Waals surface area contributed by atoms with Crippen molar-refractivity contribution in [2.75, 3.05) is 18.5 Å². The van der Waals surface area contributed by atoms with Gasteiger partial charge in [-0.2, -0.15) is 0 Å². The minimum Gasteiger partial charge on any atom is -0.466 e. The van der Waals surface area contributed by atoms with E-state index in [1.807, 2.05) is 56.3 Å². The number of benzene rings is 2. The number of carbonyl (C=O) groups is 2. The lowest BCUT2D eigenvalue weighted by Gasteiger charge is -2.15. The van der Waals surface area contributed by atoms with Gasteiger partial charge in [0.2, 0.25) is 0 Å². The first-order valence-corrected chi connectivity index (χ1v) is 9.36. The molecular formula is C22H27NO4. The van der Waals surface area contributed by atoms with Crippen LogP contribution in [0.4, 0.5) is 5.69 Å². The normalized spacial score (nSPS) is 11.5. The van der Waals surface area contributed by atoms with Crippen LogP contribution in [0.1, 0.15) is 54.6 Å². The Labute approximate surface area is 160 Å². The first-order valence-electron chi connectivity index (χ1n) is 9.36. The predicted molar refractivity (Wildman–Crippen MR) is 106 cm³/mol. The molecule has 144 valence electrons. The van der Waals surface area contributed by atoms with E-state index in [2.05, 4.69) is 5.32 Å². The molecule has 1 atom stereocenters. The van der Waals surface area contributed by atoms with Crippen molar-refractivity contribution in [2.45, 2.75) is 39.7 Å². The van der Waals surface area contributed by atoms with E-state index in [1.54, 1.807) is 13.0 Å². The molecule has 0 saturated carbocycles. The molecule has 1 unspecified atom stereocenters. The quantitative estimate of drug-likeness (QED) is 0.658. The molecule has 1 N–H and O–H groups in total. The van der Waals surface area contributed by atoms with E-state index < -0.39 is 0 Å². The van der Waals surface area contributed by atoms with E-state index in [0.29, 0.717) is 31.7 Å². The molecule has 0 saturated heterocycles. The number of nitrogens with one attached hydrogen (secondary N) is 1. The summed E-state index contributed by atoms with van der Waals surface area (Å²) in [4.78, 5) is 24.1. The highest BCUT2D eigenvalue weighted by atomic mass is 16.5. The Balaban J connectivity index is 2.06. The highest BCUT2D eigenvalue weighted by Crippen LogP contribution is 2.23. The van der Waals surface area contributed by atoms with Crippen LogP contribution in [0, 0.1) is 0 Å². The zero-order valence-electron chi connectivity index (χ0n) is 16.2. The van der Waals surface area contributed by atoms with Gasteiger partial charge in [-0.15, -0.1) is 0 Å². The predicted octanol–water partition coefficient (Wildman–Crippen LogP) is 4.53. The van der Waals surface area contributed by atoms with E-state index in [4.69, 9.17) is 9.47 Å². The maximum absolute atomic E-state index is 12.1. The van der Waals surface area contributed by atoms with Crippen LogP contribution in [0.15, 0.2) is 48.5 Å². The standard InChI is InChI=1S/C22H27NO4/c1-4-19(21(24)26-5-2)16-11-13-18(14-12-16)23-15-17-9-7-8-10-20(17)22(25)27-6-3/h7-14,19,23H,4-6,15H2,1-3H3. The van der Waals surface area contributed by atoms with E-state index >= 15 is 0 Å². The third-order valence-electron chi connectivity index (χ3n) is 4.29. The Bertz CT molecular complexity index is 755. The van der Waals surface area contributed by atoms with Crippen LogP contribution in [0.5, 0.6) is 0 Å². The van der Waals surface area contributed by atoms with Gasteiger partial charge in [0.15, 0.2) is 0 Å². The monoisotopic (exact) mass is 369 g/mol. The lowest BCUT2D eigenvalue weighted by Crippen LogP contribution is -2.15. The number of hydrogen-bond acceptors (Lipinski definition) is 5. The number of esters is 2. The van der Waals surface area contributed by atoms with Crippen LogP contribution in [-0.4, -0.2) is 25.2 Å². The number of hydrogen-bond donors (Lipinski definition) is 1. The van der Waals surface area contributed by atoms with Crippen molar-refractivity contribution in [1.29, 1.82) is 0 Å². The van der Waals surface area contributed by atoms with Gasteiger partial charge in [-0.25, -0.2) is 4.79 Å². The van der Waals surface area contributed by atoms with Crippen LogP contribution >= 0.6 is 0 Å². The number of rotatable bonds is 9. The van der Waals surface area contributed by atoms with Crippen LogP contribution < -0.4 is 5.32 Å². The fraction of sp³-hybridized carbons (Fsp3) is 0.364. The van der Waals surface area contributed by atoms with Gasteiger partial charge >= 0.3 is 11.9 Å². The topological polar surface area (TPSA) is 64.6 Å². The molecule has 0 aromatic heterocycles. The largest absolute Gasteiger partial charge is 0.466 e. The Kier molecular flexibility index (Phi) is 7.86. The highest BCUT2D eigenvalue weighted by molar-refractivity contribution is 5.91.